The van der Waals surface area contributed by atoms with Crippen LogP contribution in [0, 0.1) is 0 Å². The van der Waals surface area contributed by atoms with Gasteiger partial charge in [0.15, 0.2) is 0 Å². The molecule has 10 nitrogen and oxygen atoms in total. The van der Waals surface area contributed by atoms with E-state index in [-0.39, 0.29) is 11.5 Å². The molecule has 29 heavy (non-hydrogen) atoms. The Bertz CT molecular complexity index is 1080. The largest absolute Gasteiger partial charge is 0.496 e. The lowest BCUT2D eigenvalue weighted by atomic mass is 10.0. The number of piperazine rings is 1. The molecule has 1 aliphatic rings. The smallest absolute Gasteiger partial charge is 0.295 e. The number of fused-ring (bicyclic) bond motifs is 1. The van der Waals surface area contributed by atoms with Crippen LogP contribution in [0.5, 0.6) is 5.75 Å². The number of aromatic amines is 1. The number of aromatic nitrogens is 3. The summed E-state index contributed by atoms with van der Waals surface area (Å²) in [5.41, 5.74) is 1.40. The van der Waals surface area contributed by atoms with E-state index < -0.39 is 11.7 Å². The van der Waals surface area contributed by atoms with Crippen LogP contribution in [0.15, 0.2) is 29.2 Å². The van der Waals surface area contributed by atoms with Gasteiger partial charge in [-0.1, -0.05) is 5.16 Å². The first-order valence-electron chi connectivity index (χ1n) is 9.05. The summed E-state index contributed by atoms with van der Waals surface area (Å²) < 4.78 is 10.2. The first kappa shape index (κ1) is 18.7. The molecule has 10 heteroatoms. The second-order valence-corrected chi connectivity index (χ2v) is 6.65. The van der Waals surface area contributed by atoms with E-state index >= 15 is 0 Å². The number of nitrogens with one attached hydrogen (secondary N) is 1. The highest BCUT2D eigenvalue weighted by Crippen LogP contribution is 2.35. The average molecular weight is 397 g/mol. The second-order valence-electron chi connectivity index (χ2n) is 6.65. The maximum Gasteiger partial charge on any atom is 0.295 e. The molecule has 0 spiro atoms. The van der Waals surface area contributed by atoms with Crippen molar-refractivity contribution in [1.82, 2.24) is 24.9 Å². The zero-order chi connectivity index (χ0) is 20.5. The second kappa shape index (κ2) is 7.38. The normalized spacial score (nSPS) is 14.3. The number of methoxy groups -OCH3 is 1. The molecule has 4 rings (SSSR count). The number of rotatable bonds is 4. The lowest BCUT2D eigenvalue weighted by molar-refractivity contribution is -0.135. The van der Waals surface area contributed by atoms with E-state index in [4.69, 9.17) is 9.26 Å². The zero-order valence-corrected chi connectivity index (χ0v) is 16.0. The Labute approximate surface area is 165 Å². The number of hydrogen-bond acceptors (Lipinski definition) is 7. The minimum atomic E-state index is -0.643. The first-order valence-corrected chi connectivity index (χ1v) is 9.05. The van der Waals surface area contributed by atoms with Crippen LogP contribution in [-0.2, 0) is 9.59 Å². The van der Waals surface area contributed by atoms with E-state index in [0.717, 1.165) is 0 Å². The Balaban J connectivity index is 1.67. The van der Waals surface area contributed by atoms with E-state index in [2.05, 4.69) is 15.1 Å². The highest BCUT2D eigenvalue weighted by atomic mass is 16.5. The minimum Gasteiger partial charge on any atom is -0.496 e. The lowest BCUT2D eigenvalue weighted by Crippen LogP contribution is -2.51. The van der Waals surface area contributed by atoms with Gasteiger partial charge >= 0.3 is 0 Å². The maximum atomic E-state index is 13.0. The van der Waals surface area contributed by atoms with Gasteiger partial charge in [-0.3, -0.25) is 14.4 Å². The summed E-state index contributed by atoms with van der Waals surface area (Å²) in [6, 6.07) is 3.44. The number of ether oxygens (including phenoxy) is 1. The number of Topliss-reactive ketones (excluding diaryl/α,β-unsaturated/α-hetero) is 1. The van der Waals surface area contributed by atoms with Gasteiger partial charge in [-0.2, -0.15) is 4.98 Å². The van der Waals surface area contributed by atoms with Crippen LogP contribution >= 0.6 is 0 Å². The van der Waals surface area contributed by atoms with Crippen LogP contribution in [0.4, 0.5) is 0 Å². The van der Waals surface area contributed by atoms with E-state index in [9.17, 15) is 14.4 Å². The fourth-order valence-corrected chi connectivity index (χ4v) is 3.53. The maximum absolute atomic E-state index is 13.0. The van der Waals surface area contributed by atoms with Gasteiger partial charge in [-0.25, -0.2) is 0 Å². The predicted molar refractivity (Wildman–Crippen MR) is 101 cm³/mol. The molecule has 1 saturated heterocycles. The van der Waals surface area contributed by atoms with Gasteiger partial charge in [0, 0.05) is 44.9 Å². The molecule has 0 atom stereocenters. The first-order chi connectivity index (χ1) is 14.0. The van der Waals surface area contributed by atoms with Crippen molar-refractivity contribution in [3.8, 4) is 17.1 Å². The minimum absolute atomic E-state index is 0.0428. The van der Waals surface area contributed by atoms with Crippen molar-refractivity contribution >= 4 is 28.5 Å². The average Bonchev–Trinajstić information content (AvgIpc) is 3.42. The Morgan fingerprint density at radius 3 is 2.48 bits per heavy atom. The van der Waals surface area contributed by atoms with Crippen molar-refractivity contribution in [1.29, 1.82) is 0 Å². The standard InChI is InChI=1S/C19H19N5O5/c1-11(25)23-5-7-24(8-6-23)19(27)17(26)13-9-20-16-12(18-21-10-29-22-18)3-4-14(28-2)15(13)16/h3-4,9-10,20H,5-8H2,1-2H3. The molecule has 0 saturated carbocycles. The molecule has 1 fully saturated rings. The van der Waals surface area contributed by atoms with Crippen molar-refractivity contribution in [2.75, 3.05) is 33.3 Å². The number of benzene rings is 1. The third-order valence-electron chi connectivity index (χ3n) is 5.07. The number of H-pyrrole nitrogens is 1. The summed E-state index contributed by atoms with van der Waals surface area (Å²) in [6.07, 6.45) is 2.70. The quantitative estimate of drug-likeness (QED) is 0.517. The molecule has 1 aliphatic heterocycles. The van der Waals surface area contributed by atoms with Gasteiger partial charge in [0.1, 0.15) is 5.75 Å². The molecule has 1 aromatic carbocycles. The number of amides is 2. The highest BCUT2D eigenvalue weighted by Gasteiger charge is 2.30. The number of carbonyl (C=O) groups is 3. The third kappa shape index (κ3) is 3.22. The molecule has 150 valence electrons. The fourth-order valence-electron chi connectivity index (χ4n) is 3.53. The SMILES string of the molecule is COc1ccc(-c2ncon2)c2[nH]cc(C(=O)C(=O)N3CCN(C(C)=O)CC3)c12. The molecular weight excluding hydrogens is 378 g/mol. The van der Waals surface area contributed by atoms with Gasteiger partial charge in [-0.15, -0.1) is 0 Å². The monoisotopic (exact) mass is 397 g/mol. The third-order valence-corrected chi connectivity index (χ3v) is 5.07. The molecule has 0 unspecified atom stereocenters. The van der Waals surface area contributed by atoms with Crippen molar-refractivity contribution in [3.05, 3.63) is 30.3 Å². The zero-order valence-electron chi connectivity index (χ0n) is 16.0. The number of ketones is 1. The van der Waals surface area contributed by atoms with Crippen molar-refractivity contribution in [3.63, 3.8) is 0 Å². The van der Waals surface area contributed by atoms with Gasteiger partial charge in [0.05, 0.1) is 23.6 Å². The number of nitrogens with zero attached hydrogens (tertiary/aromatic N) is 4. The van der Waals surface area contributed by atoms with Crippen molar-refractivity contribution < 1.29 is 23.6 Å². The predicted octanol–water partition coefficient (Wildman–Crippen LogP) is 1.10. The summed E-state index contributed by atoms with van der Waals surface area (Å²) in [6.45, 7) is 2.94. The van der Waals surface area contributed by atoms with E-state index in [0.29, 0.717) is 54.2 Å². The number of hydrogen-bond donors (Lipinski definition) is 1. The molecule has 3 aromatic rings. The summed E-state index contributed by atoms with van der Waals surface area (Å²) in [4.78, 5) is 47.5. The van der Waals surface area contributed by atoms with Crippen LogP contribution < -0.4 is 4.74 Å². The Hall–Kier alpha value is -3.69. The molecule has 2 amide bonds. The molecule has 0 bridgehead atoms. The van der Waals surface area contributed by atoms with Gasteiger partial charge in [0.2, 0.25) is 18.1 Å². The molecule has 3 heterocycles. The van der Waals surface area contributed by atoms with Crippen molar-refractivity contribution in [2.24, 2.45) is 0 Å². The molecule has 2 aromatic heterocycles. The lowest BCUT2D eigenvalue weighted by Gasteiger charge is -2.33. The Morgan fingerprint density at radius 1 is 1.14 bits per heavy atom. The summed E-state index contributed by atoms with van der Waals surface area (Å²) in [5, 5.41) is 4.32. The van der Waals surface area contributed by atoms with E-state index in [1.807, 2.05) is 0 Å². The summed E-state index contributed by atoms with van der Waals surface area (Å²) >= 11 is 0. The molecule has 0 aliphatic carbocycles. The highest BCUT2D eigenvalue weighted by molar-refractivity contribution is 6.45. The molecular formula is C19H19N5O5. The van der Waals surface area contributed by atoms with Crippen LogP contribution in [-0.4, -0.2) is 75.8 Å². The topological polar surface area (TPSA) is 122 Å². The number of carbonyl (C=O) groups excluding carboxylic acids is 3. The Morgan fingerprint density at radius 2 is 1.86 bits per heavy atom. The molecule has 1 N–H and O–H groups in total. The van der Waals surface area contributed by atoms with E-state index in [1.165, 1.54) is 31.5 Å². The summed E-state index contributed by atoms with van der Waals surface area (Å²) in [5.74, 6) is -0.493. The van der Waals surface area contributed by atoms with Crippen molar-refractivity contribution in [2.45, 2.75) is 6.92 Å². The summed E-state index contributed by atoms with van der Waals surface area (Å²) in [7, 11) is 1.49. The van der Waals surface area contributed by atoms with E-state index in [1.54, 1.807) is 17.0 Å². The molecule has 0 radical (unpaired) electrons. The van der Waals surface area contributed by atoms with Gasteiger partial charge in [0.25, 0.3) is 11.7 Å². The van der Waals surface area contributed by atoms with Gasteiger partial charge in [-0.05, 0) is 12.1 Å². The van der Waals surface area contributed by atoms with Crippen LogP contribution in [0.3, 0.4) is 0 Å². The Kier molecular flexibility index (Phi) is 4.75. The van der Waals surface area contributed by atoms with Crippen LogP contribution in [0.1, 0.15) is 17.3 Å². The van der Waals surface area contributed by atoms with Crippen LogP contribution in [0.25, 0.3) is 22.3 Å². The van der Waals surface area contributed by atoms with Crippen LogP contribution in [0.2, 0.25) is 0 Å². The van der Waals surface area contributed by atoms with Gasteiger partial charge < -0.3 is 24.0 Å². The fraction of sp³-hybridized carbons (Fsp3) is 0.316.